The first kappa shape index (κ1) is 13.8. The minimum atomic E-state index is -0.278. The van der Waals surface area contributed by atoms with E-state index >= 15 is 0 Å². The topological polar surface area (TPSA) is 65.8 Å². The lowest BCUT2D eigenvalue weighted by atomic mass is 9.92. The molecule has 6 rings (SSSR count). The van der Waals surface area contributed by atoms with Crippen molar-refractivity contribution in [1.82, 2.24) is 4.98 Å². The van der Waals surface area contributed by atoms with Gasteiger partial charge in [0.1, 0.15) is 5.82 Å². The summed E-state index contributed by atoms with van der Waals surface area (Å²) in [7, 11) is 0. The number of anilines is 1. The monoisotopic (exact) mass is 329 g/mol. The van der Waals surface area contributed by atoms with Crippen LogP contribution in [-0.2, 0) is 10.2 Å². The minimum Gasteiger partial charge on any atom is -0.310 e. The second-order valence-electron chi connectivity index (χ2n) is 8.71. The first-order valence-electron chi connectivity index (χ1n) is 9.22. The lowest BCUT2D eigenvalue weighted by Crippen LogP contribution is -2.15. The van der Waals surface area contributed by atoms with E-state index in [-0.39, 0.29) is 22.7 Å². The Morgan fingerprint density at radius 3 is 2.68 bits per heavy atom. The molecule has 1 amide bonds. The van der Waals surface area contributed by atoms with Crippen molar-refractivity contribution in [2.24, 2.45) is 16.7 Å². The van der Waals surface area contributed by atoms with E-state index in [1.54, 1.807) is 0 Å². The minimum absolute atomic E-state index is 0.119. The lowest BCUT2D eigenvalue weighted by Gasteiger charge is -2.11. The quantitative estimate of drug-likeness (QED) is 0.928. The van der Waals surface area contributed by atoms with Gasteiger partial charge < -0.3 is 5.32 Å². The summed E-state index contributed by atoms with van der Waals surface area (Å²) in [6.07, 6.45) is 8.63. The average Bonchev–Trinajstić information content (AvgIpc) is 3.50. The number of nitrogens with zero attached hydrogens (tertiary/aromatic N) is 2. The van der Waals surface area contributed by atoms with Crippen molar-refractivity contribution in [2.45, 2.75) is 43.9 Å². The molecule has 124 valence electrons. The van der Waals surface area contributed by atoms with Crippen LogP contribution in [-0.4, -0.2) is 10.9 Å². The first-order valence-corrected chi connectivity index (χ1v) is 9.22. The maximum atomic E-state index is 12.3. The van der Waals surface area contributed by atoms with Crippen LogP contribution >= 0.6 is 0 Å². The van der Waals surface area contributed by atoms with Gasteiger partial charge in [-0.1, -0.05) is 12.1 Å². The maximum Gasteiger partial charge on any atom is 0.229 e. The zero-order valence-electron chi connectivity index (χ0n) is 14.0. The predicted octanol–water partition coefficient (Wildman–Crippen LogP) is 3.92. The van der Waals surface area contributed by atoms with Gasteiger partial charge in [0.05, 0.1) is 11.5 Å². The molecule has 2 unspecified atom stereocenters. The maximum absolute atomic E-state index is 12.3. The highest BCUT2D eigenvalue weighted by molar-refractivity contribution is 5.96. The molecule has 1 aromatic carbocycles. The summed E-state index contributed by atoms with van der Waals surface area (Å²) in [4.78, 5) is 16.7. The van der Waals surface area contributed by atoms with Crippen LogP contribution in [0.1, 0.15) is 44.1 Å². The number of rotatable bonds is 3. The summed E-state index contributed by atoms with van der Waals surface area (Å²) in [6.45, 7) is 0. The molecule has 2 aromatic rings. The molecule has 1 aromatic heterocycles. The van der Waals surface area contributed by atoms with Crippen LogP contribution in [0.4, 0.5) is 5.82 Å². The van der Waals surface area contributed by atoms with Crippen molar-refractivity contribution in [1.29, 1.82) is 5.26 Å². The van der Waals surface area contributed by atoms with E-state index in [9.17, 15) is 10.1 Å². The van der Waals surface area contributed by atoms with E-state index in [1.165, 1.54) is 25.7 Å². The predicted molar refractivity (Wildman–Crippen MR) is 93.7 cm³/mol. The largest absolute Gasteiger partial charge is 0.310 e. The fourth-order valence-electron chi connectivity index (χ4n) is 4.97. The van der Waals surface area contributed by atoms with Gasteiger partial charge in [-0.25, -0.2) is 4.98 Å². The Labute approximate surface area is 146 Å². The molecule has 0 aliphatic heterocycles. The fraction of sp³-hybridized carbons (Fsp3) is 0.476. The van der Waals surface area contributed by atoms with Gasteiger partial charge in [0, 0.05) is 17.5 Å². The van der Waals surface area contributed by atoms with Gasteiger partial charge in [0.25, 0.3) is 0 Å². The molecule has 0 bridgehead atoms. The Kier molecular flexibility index (Phi) is 2.24. The number of hydrogen-bond acceptors (Lipinski definition) is 3. The molecule has 2 atom stereocenters. The van der Waals surface area contributed by atoms with Crippen LogP contribution < -0.4 is 5.32 Å². The number of carbonyl (C=O) groups is 1. The summed E-state index contributed by atoms with van der Waals surface area (Å²) in [5.74, 6) is 0.938. The third-order valence-corrected chi connectivity index (χ3v) is 7.29. The zero-order valence-corrected chi connectivity index (χ0v) is 14.0. The Morgan fingerprint density at radius 2 is 2.04 bits per heavy atom. The molecule has 4 heteroatoms. The molecule has 2 spiro atoms. The highest BCUT2D eigenvalue weighted by Gasteiger charge is 2.75. The summed E-state index contributed by atoms with van der Waals surface area (Å²) in [5.41, 5.74) is 1.48. The second-order valence-corrected chi connectivity index (χ2v) is 8.71. The molecule has 4 saturated carbocycles. The Balaban J connectivity index is 1.32. The van der Waals surface area contributed by atoms with Crippen LogP contribution in [0.15, 0.2) is 30.5 Å². The zero-order chi connectivity index (χ0) is 16.9. The molecule has 4 aliphatic carbocycles. The molecule has 4 aliphatic rings. The number of fused-ring (bicyclic) bond motifs is 1. The number of amides is 1. The Morgan fingerprint density at radius 1 is 1.20 bits per heavy atom. The Bertz CT molecular complexity index is 996. The van der Waals surface area contributed by atoms with Gasteiger partial charge in [-0.2, -0.15) is 5.26 Å². The number of pyridine rings is 1. The van der Waals surface area contributed by atoms with Crippen molar-refractivity contribution >= 4 is 22.5 Å². The smallest absolute Gasteiger partial charge is 0.229 e. The molecule has 25 heavy (non-hydrogen) atoms. The van der Waals surface area contributed by atoms with E-state index in [0.29, 0.717) is 11.2 Å². The molecular formula is C21H19N3O. The van der Waals surface area contributed by atoms with Crippen molar-refractivity contribution in [3.63, 3.8) is 0 Å². The van der Waals surface area contributed by atoms with Gasteiger partial charge in [0.15, 0.2) is 0 Å². The molecule has 0 saturated heterocycles. The van der Waals surface area contributed by atoms with Crippen LogP contribution in [0.3, 0.4) is 0 Å². The third kappa shape index (κ3) is 1.76. The third-order valence-electron chi connectivity index (χ3n) is 7.29. The number of nitriles is 1. The summed E-state index contributed by atoms with van der Waals surface area (Å²) < 4.78 is 0. The summed E-state index contributed by atoms with van der Waals surface area (Å²) in [5, 5.41) is 14.8. The highest BCUT2D eigenvalue weighted by Crippen LogP contribution is 2.78. The Hall–Kier alpha value is -2.41. The number of hydrogen-bond donors (Lipinski definition) is 1. The van der Waals surface area contributed by atoms with Crippen molar-refractivity contribution in [3.05, 3.63) is 36.0 Å². The molecule has 1 heterocycles. The molecule has 1 N–H and O–H groups in total. The van der Waals surface area contributed by atoms with Crippen molar-refractivity contribution in [3.8, 4) is 6.07 Å². The molecule has 0 radical (unpaired) electrons. The van der Waals surface area contributed by atoms with E-state index in [1.807, 2.05) is 12.3 Å². The highest BCUT2D eigenvalue weighted by atomic mass is 16.2. The van der Waals surface area contributed by atoms with Crippen LogP contribution in [0.25, 0.3) is 10.8 Å². The summed E-state index contributed by atoms with van der Waals surface area (Å²) >= 11 is 0. The number of nitrogens with one attached hydrogen (secondary N) is 1. The van der Waals surface area contributed by atoms with Gasteiger partial charge in [-0.05, 0) is 72.4 Å². The van der Waals surface area contributed by atoms with Gasteiger partial charge in [-0.3, -0.25) is 4.79 Å². The van der Waals surface area contributed by atoms with E-state index in [2.05, 4.69) is 34.6 Å². The van der Waals surface area contributed by atoms with E-state index in [4.69, 9.17) is 0 Å². The van der Waals surface area contributed by atoms with Crippen molar-refractivity contribution in [2.75, 3.05) is 5.32 Å². The van der Waals surface area contributed by atoms with E-state index in [0.717, 1.165) is 29.2 Å². The lowest BCUT2D eigenvalue weighted by molar-refractivity contribution is -0.117. The molecular weight excluding hydrogens is 310 g/mol. The summed E-state index contributed by atoms with van der Waals surface area (Å²) in [6, 6.07) is 10.8. The number of carbonyl (C=O) groups excluding carboxylic acids is 1. The van der Waals surface area contributed by atoms with Crippen LogP contribution in [0.5, 0.6) is 0 Å². The number of benzene rings is 1. The van der Waals surface area contributed by atoms with Crippen LogP contribution in [0.2, 0.25) is 0 Å². The first-order chi connectivity index (χ1) is 12.1. The normalized spacial score (nSPS) is 31.6. The van der Waals surface area contributed by atoms with Crippen molar-refractivity contribution < 1.29 is 4.79 Å². The standard InChI is InChI=1S/C21H19N3O/c22-12-21(11-20(21)5-6-20)15-2-1-13-10-23-17(8-14(13)7-15)24-18(25)16-9-19(16)3-4-19/h1-2,7-8,10,16H,3-6,9,11H2,(H,23,24,25). The van der Waals surface area contributed by atoms with Crippen LogP contribution in [0, 0.1) is 28.1 Å². The SMILES string of the molecule is N#CC1(c2ccc3cnc(NC(=O)C4CC45CC5)cc3c2)CC12CC2. The second kappa shape index (κ2) is 4.04. The van der Waals surface area contributed by atoms with Gasteiger partial charge in [-0.15, -0.1) is 0 Å². The van der Waals surface area contributed by atoms with Gasteiger partial charge >= 0.3 is 0 Å². The number of aromatic nitrogens is 1. The average molecular weight is 329 g/mol. The van der Waals surface area contributed by atoms with Gasteiger partial charge in [0.2, 0.25) is 5.91 Å². The van der Waals surface area contributed by atoms with E-state index < -0.39 is 0 Å². The molecule has 4 nitrogen and oxygen atoms in total. The fourth-order valence-corrected chi connectivity index (χ4v) is 4.97. The molecule has 4 fully saturated rings.